The van der Waals surface area contributed by atoms with Crippen LogP contribution in [0.5, 0.6) is 0 Å². The van der Waals surface area contributed by atoms with Crippen LogP contribution < -0.4 is 4.90 Å². The topological polar surface area (TPSA) is 83.9 Å². The van der Waals surface area contributed by atoms with E-state index >= 15 is 0 Å². The minimum Gasteiger partial charge on any atom is -0.503 e. The number of furan rings is 2. The van der Waals surface area contributed by atoms with Gasteiger partial charge in [0.05, 0.1) is 11.8 Å². The third kappa shape index (κ3) is 3.20. The lowest BCUT2D eigenvalue weighted by molar-refractivity contribution is -0.117. The molecule has 1 N–H and O–H groups in total. The van der Waals surface area contributed by atoms with E-state index in [1.54, 1.807) is 48.5 Å². The largest absolute Gasteiger partial charge is 0.503 e. The molecule has 1 amide bonds. The number of amides is 1. The Hall–Kier alpha value is -3.77. The second-order valence-corrected chi connectivity index (χ2v) is 7.93. The first kappa shape index (κ1) is 20.2. The van der Waals surface area contributed by atoms with E-state index in [4.69, 9.17) is 20.4 Å². The predicted molar refractivity (Wildman–Crippen MR) is 120 cm³/mol. The fraction of sp³-hybridized carbons (Fsp3) is 0.120. The molecule has 1 unspecified atom stereocenters. The number of nitrogens with zero attached hydrogens (tertiary/aromatic N) is 1. The molecular weight excluding hydrogens is 430 g/mol. The van der Waals surface area contributed by atoms with Crippen LogP contribution in [0.1, 0.15) is 34.8 Å². The van der Waals surface area contributed by atoms with Crippen molar-refractivity contribution in [3.8, 4) is 0 Å². The third-order valence-corrected chi connectivity index (χ3v) is 5.83. The van der Waals surface area contributed by atoms with Gasteiger partial charge in [-0.2, -0.15) is 0 Å². The quantitative estimate of drug-likeness (QED) is 0.378. The van der Waals surface area contributed by atoms with E-state index < -0.39 is 23.5 Å². The van der Waals surface area contributed by atoms with Crippen LogP contribution in [0, 0.1) is 0 Å². The van der Waals surface area contributed by atoms with Crippen molar-refractivity contribution in [2.24, 2.45) is 0 Å². The lowest BCUT2D eigenvalue weighted by Crippen LogP contribution is -2.30. The molecular formula is C25H18ClNO5. The minimum absolute atomic E-state index is 0.00338. The van der Waals surface area contributed by atoms with Crippen LogP contribution in [-0.4, -0.2) is 16.8 Å². The standard InChI is InChI=1S/C25H18ClNO5/c1-2-14-5-8-17(9-6-14)27-22(19-4-3-11-31-19)21(24(29)25(27)30)23(28)20-13-15-12-16(26)7-10-18(15)32-20/h3-13,22,29H,2H2,1H3. The maximum atomic E-state index is 13.5. The SMILES string of the molecule is CCc1ccc(N2C(=O)C(O)=C(C(=O)c3cc4cc(Cl)ccc4o3)C2c2ccco2)cc1. The first-order valence-electron chi connectivity index (χ1n) is 10.1. The van der Waals surface area contributed by atoms with E-state index in [0.29, 0.717) is 27.4 Å². The normalized spacial score (nSPS) is 16.4. The second kappa shape index (κ2) is 7.73. The molecule has 32 heavy (non-hydrogen) atoms. The maximum Gasteiger partial charge on any atom is 0.294 e. The van der Waals surface area contributed by atoms with Crippen molar-refractivity contribution in [3.63, 3.8) is 0 Å². The lowest BCUT2D eigenvalue weighted by atomic mass is 9.99. The molecule has 6 nitrogen and oxygen atoms in total. The van der Waals surface area contributed by atoms with Gasteiger partial charge in [0.25, 0.3) is 5.91 Å². The van der Waals surface area contributed by atoms with Crippen molar-refractivity contribution in [1.82, 2.24) is 0 Å². The smallest absolute Gasteiger partial charge is 0.294 e. The molecule has 7 heteroatoms. The van der Waals surface area contributed by atoms with Crippen molar-refractivity contribution >= 4 is 39.9 Å². The van der Waals surface area contributed by atoms with Crippen LogP contribution in [0.3, 0.4) is 0 Å². The Labute approximate surface area is 188 Å². The molecule has 0 saturated heterocycles. The van der Waals surface area contributed by atoms with Crippen molar-refractivity contribution in [1.29, 1.82) is 0 Å². The van der Waals surface area contributed by atoms with Gasteiger partial charge in [0, 0.05) is 16.1 Å². The second-order valence-electron chi connectivity index (χ2n) is 7.50. The molecule has 3 heterocycles. The van der Waals surface area contributed by atoms with Gasteiger partial charge in [-0.15, -0.1) is 0 Å². The molecule has 1 aliphatic heterocycles. The number of ketones is 1. The molecule has 2 aromatic heterocycles. The van der Waals surface area contributed by atoms with Crippen LogP contribution in [0.4, 0.5) is 5.69 Å². The summed E-state index contributed by atoms with van der Waals surface area (Å²) in [6, 6.07) is 16.3. The summed E-state index contributed by atoms with van der Waals surface area (Å²) >= 11 is 6.04. The molecule has 1 atom stereocenters. The monoisotopic (exact) mass is 447 g/mol. The van der Waals surface area contributed by atoms with Crippen molar-refractivity contribution in [2.45, 2.75) is 19.4 Å². The van der Waals surface area contributed by atoms with E-state index in [1.165, 1.54) is 11.2 Å². The highest BCUT2D eigenvalue weighted by Crippen LogP contribution is 2.42. The number of aryl methyl sites for hydroxylation is 1. The molecule has 0 fully saturated rings. The zero-order valence-electron chi connectivity index (χ0n) is 17.0. The molecule has 0 spiro atoms. The number of aliphatic hydroxyl groups excluding tert-OH is 1. The molecule has 0 saturated carbocycles. The summed E-state index contributed by atoms with van der Waals surface area (Å²) in [7, 11) is 0. The van der Waals surface area contributed by atoms with Gasteiger partial charge in [0.1, 0.15) is 17.4 Å². The number of hydrogen-bond acceptors (Lipinski definition) is 5. The van der Waals surface area contributed by atoms with Gasteiger partial charge in [-0.25, -0.2) is 0 Å². The van der Waals surface area contributed by atoms with Gasteiger partial charge in [-0.3, -0.25) is 14.5 Å². The zero-order chi connectivity index (χ0) is 22.4. The summed E-state index contributed by atoms with van der Waals surface area (Å²) in [5, 5.41) is 11.9. The zero-order valence-corrected chi connectivity index (χ0v) is 17.8. The number of rotatable bonds is 5. The van der Waals surface area contributed by atoms with Gasteiger partial charge in [0.15, 0.2) is 11.5 Å². The van der Waals surface area contributed by atoms with E-state index in [0.717, 1.165) is 12.0 Å². The van der Waals surface area contributed by atoms with Crippen LogP contribution in [0.25, 0.3) is 11.0 Å². The molecule has 160 valence electrons. The van der Waals surface area contributed by atoms with Crippen molar-refractivity contribution in [3.05, 3.63) is 100 Å². The van der Waals surface area contributed by atoms with E-state index in [2.05, 4.69) is 0 Å². The average molecular weight is 448 g/mol. The van der Waals surface area contributed by atoms with E-state index in [-0.39, 0.29) is 11.3 Å². The van der Waals surface area contributed by atoms with Crippen LogP contribution >= 0.6 is 11.6 Å². The molecule has 5 rings (SSSR count). The van der Waals surface area contributed by atoms with Crippen LogP contribution in [-0.2, 0) is 11.2 Å². The molecule has 0 bridgehead atoms. The van der Waals surface area contributed by atoms with Gasteiger partial charge in [0.2, 0.25) is 5.78 Å². The lowest BCUT2D eigenvalue weighted by Gasteiger charge is -2.25. The first-order valence-corrected chi connectivity index (χ1v) is 10.5. The molecule has 4 aromatic rings. The highest BCUT2D eigenvalue weighted by atomic mass is 35.5. The number of hydrogen-bond donors (Lipinski definition) is 1. The van der Waals surface area contributed by atoms with Gasteiger partial charge < -0.3 is 13.9 Å². The highest BCUT2D eigenvalue weighted by Gasteiger charge is 2.46. The third-order valence-electron chi connectivity index (χ3n) is 5.59. The van der Waals surface area contributed by atoms with E-state index in [9.17, 15) is 14.7 Å². The Balaban J connectivity index is 1.61. The Morgan fingerprint density at radius 1 is 1.12 bits per heavy atom. The molecule has 2 aromatic carbocycles. The Morgan fingerprint density at radius 3 is 2.59 bits per heavy atom. The average Bonchev–Trinajstić information content (AvgIpc) is 3.52. The number of Topliss-reactive ketones (excluding diaryl/α,β-unsaturated/α-hetero) is 1. The Bertz CT molecular complexity index is 1370. The number of carbonyl (C=O) groups excluding carboxylic acids is 2. The summed E-state index contributed by atoms with van der Waals surface area (Å²) in [6.45, 7) is 2.03. The Kier molecular flexibility index (Phi) is 4.87. The molecule has 0 radical (unpaired) electrons. The molecule has 1 aliphatic rings. The number of anilines is 1. The number of fused-ring (bicyclic) bond motifs is 1. The van der Waals surface area contributed by atoms with Gasteiger partial charge >= 0.3 is 0 Å². The van der Waals surface area contributed by atoms with Crippen LogP contribution in [0.2, 0.25) is 5.02 Å². The summed E-state index contributed by atoms with van der Waals surface area (Å²) in [5.74, 6) is -1.56. The van der Waals surface area contributed by atoms with Crippen LogP contribution in [0.15, 0.2) is 87.1 Å². The first-order chi connectivity index (χ1) is 15.5. The minimum atomic E-state index is -0.936. The predicted octanol–water partition coefficient (Wildman–Crippen LogP) is 6.02. The fourth-order valence-corrected chi connectivity index (χ4v) is 4.15. The number of carbonyl (C=O) groups is 2. The summed E-state index contributed by atoms with van der Waals surface area (Å²) in [5.41, 5.74) is 2.02. The molecule has 0 aliphatic carbocycles. The van der Waals surface area contributed by atoms with E-state index in [1.807, 2.05) is 19.1 Å². The number of halogens is 1. The highest BCUT2D eigenvalue weighted by molar-refractivity contribution is 6.31. The number of benzene rings is 2. The Morgan fingerprint density at radius 2 is 1.91 bits per heavy atom. The number of aliphatic hydroxyl groups is 1. The summed E-state index contributed by atoms with van der Waals surface area (Å²) in [6.07, 6.45) is 2.30. The van der Waals surface area contributed by atoms with Gasteiger partial charge in [-0.1, -0.05) is 30.7 Å². The summed E-state index contributed by atoms with van der Waals surface area (Å²) < 4.78 is 11.3. The fourth-order valence-electron chi connectivity index (χ4n) is 3.97. The van der Waals surface area contributed by atoms with Crippen molar-refractivity contribution < 1.29 is 23.5 Å². The summed E-state index contributed by atoms with van der Waals surface area (Å²) in [4.78, 5) is 27.9. The van der Waals surface area contributed by atoms with Crippen molar-refractivity contribution in [2.75, 3.05) is 4.90 Å². The van der Waals surface area contributed by atoms with Gasteiger partial charge in [-0.05, 0) is 60.5 Å². The maximum absolute atomic E-state index is 13.5.